The summed E-state index contributed by atoms with van der Waals surface area (Å²) in [5.41, 5.74) is 2.70. The highest BCUT2D eigenvalue weighted by molar-refractivity contribution is 7.91. The van der Waals surface area contributed by atoms with Crippen LogP contribution in [0, 0.1) is 0 Å². The highest BCUT2D eigenvalue weighted by Gasteiger charge is 2.33. The third kappa shape index (κ3) is 3.64. The van der Waals surface area contributed by atoms with Gasteiger partial charge in [0.25, 0.3) is 0 Å². The second kappa shape index (κ2) is 6.84. The predicted molar refractivity (Wildman–Crippen MR) is 94.6 cm³/mol. The third-order valence-corrected chi connectivity index (χ3v) is 7.15. The van der Waals surface area contributed by atoms with Crippen molar-refractivity contribution in [3.05, 3.63) is 35.4 Å². The first-order valence-electron chi connectivity index (χ1n) is 8.61. The van der Waals surface area contributed by atoms with Crippen molar-refractivity contribution in [2.75, 3.05) is 32.1 Å². The monoisotopic (exact) mass is 350 g/mol. The summed E-state index contributed by atoms with van der Waals surface area (Å²) >= 11 is 0. The van der Waals surface area contributed by atoms with Crippen molar-refractivity contribution in [3.8, 4) is 0 Å². The molecule has 1 aliphatic heterocycles. The van der Waals surface area contributed by atoms with Gasteiger partial charge in [-0.1, -0.05) is 24.3 Å². The van der Waals surface area contributed by atoms with E-state index in [1.165, 1.54) is 11.1 Å². The van der Waals surface area contributed by atoms with Crippen LogP contribution in [0.1, 0.15) is 36.4 Å². The number of fused-ring (bicyclic) bond motifs is 1. The van der Waals surface area contributed by atoms with E-state index < -0.39 is 9.84 Å². The van der Waals surface area contributed by atoms with Gasteiger partial charge in [0.05, 0.1) is 18.1 Å². The molecule has 0 aromatic heterocycles. The van der Waals surface area contributed by atoms with Gasteiger partial charge in [-0.25, -0.2) is 8.42 Å². The summed E-state index contributed by atoms with van der Waals surface area (Å²) in [6.45, 7) is 0.325. The summed E-state index contributed by atoms with van der Waals surface area (Å²) in [7, 11) is 0.752. The molecule has 132 valence electrons. The summed E-state index contributed by atoms with van der Waals surface area (Å²) in [6, 6.07) is 8.55. The van der Waals surface area contributed by atoms with Crippen LogP contribution in [0.3, 0.4) is 0 Å². The van der Waals surface area contributed by atoms with E-state index >= 15 is 0 Å². The van der Waals surface area contributed by atoms with E-state index in [2.05, 4.69) is 29.2 Å². The van der Waals surface area contributed by atoms with Gasteiger partial charge in [-0.05, 0) is 43.9 Å². The van der Waals surface area contributed by atoms with Crippen LogP contribution >= 0.6 is 0 Å². The standard InChI is InChI=1S/C18H26N2O3S/c1-19(17-9-5-7-14-6-3-4-8-16(14)17)12-18(21)20(2)15-10-11-24(22,23)13-15/h3-4,6,8,15,17H,5,7,9-13H2,1-2H3/t15-,17-/m1/s1. The molecule has 1 aromatic carbocycles. The van der Waals surface area contributed by atoms with Crippen molar-refractivity contribution >= 4 is 15.7 Å². The maximum absolute atomic E-state index is 12.6. The van der Waals surface area contributed by atoms with Gasteiger partial charge in [-0.15, -0.1) is 0 Å². The minimum atomic E-state index is -2.97. The number of hydrogen-bond acceptors (Lipinski definition) is 4. The Balaban J connectivity index is 1.65. The zero-order valence-electron chi connectivity index (χ0n) is 14.4. The zero-order valence-corrected chi connectivity index (χ0v) is 15.3. The van der Waals surface area contributed by atoms with Gasteiger partial charge < -0.3 is 4.90 Å². The van der Waals surface area contributed by atoms with Crippen LogP contribution in [0.15, 0.2) is 24.3 Å². The van der Waals surface area contributed by atoms with Crippen LogP contribution in [0.4, 0.5) is 0 Å². The normalized spacial score (nSPS) is 25.5. The van der Waals surface area contributed by atoms with E-state index in [1.54, 1.807) is 11.9 Å². The summed E-state index contributed by atoms with van der Waals surface area (Å²) in [5.74, 6) is 0.300. The maximum atomic E-state index is 12.6. The van der Waals surface area contributed by atoms with Gasteiger partial charge >= 0.3 is 0 Å². The Bertz CT molecular complexity index is 717. The van der Waals surface area contributed by atoms with Crippen molar-refractivity contribution in [1.82, 2.24) is 9.80 Å². The summed E-state index contributed by atoms with van der Waals surface area (Å²) in [5, 5.41) is 0. The number of hydrogen-bond donors (Lipinski definition) is 0. The molecule has 1 amide bonds. The van der Waals surface area contributed by atoms with E-state index in [9.17, 15) is 13.2 Å². The van der Waals surface area contributed by atoms with Crippen molar-refractivity contribution in [2.45, 2.75) is 37.8 Å². The van der Waals surface area contributed by atoms with E-state index in [4.69, 9.17) is 0 Å². The average Bonchev–Trinajstić information content (AvgIpc) is 2.93. The Kier molecular flexibility index (Phi) is 4.97. The minimum Gasteiger partial charge on any atom is -0.341 e. The lowest BCUT2D eigenvalue weighted by Crippen LogP contribution is -2.44. The van der Waals surface area contributed by atoms with Gasteiger partial charge in [0, 0.05) is 19.1 Å². The molecule has 2 atom stereocenters. The highest BCUT2D eigenvalue weighted by atomic mass is 32.2. The number of amides is 1. The number of likely N-dealkylation sites (N-methyl/N-ethyl adjacent to an activating group) is 2. The lowest BCUT2D eigenvalue weighted by molar-refractivity contribution is -0.133. The van der Waals surface area contributed by atoms with Crippen LogP contribution in [-0.2, 0) is 21.1 Å². The number of sulfone groups is 1. The SMILES string of the molecule is CN(CC(=O)N(C)[C@@H]1CCS(=O)(=O)C1)[C@@H]1CCCc2ccccc21. The van der Waals surface area contributed by atoms with Crippen LogP contribution in [0.2, 0.25) is 0 Å². The topological polar surface area (TPSA) is 57.7 Å². The molecule has 0 spiro atoms. The van der Waals surface area contributed by atoms with Gasteiger partial charge in [-0.3, -0.25) is 9.69 Å². The number of carbonyl (C=O) groups is 1. The second-order valence-electron chi connectivity index (χ2n) is 7.08. The summed E-state index contributed by atoms with van der Waals surface area (Å²) < 4.78 is 23.3. The van der Waals surface area contributed by atoms with Crippen LogP contribution in [0.25, 0.3) is 0 Å². The van der Waals surface area contributed by atoms with Gasteiger partial charge in [0.1, 0.15) is 0 Å². The van der Waals surface area contributed by atoms with Crippen molar-refractivity contribution < 1.29 is 13.2 Å². The summed E-state index contributed by atoms with van der Waals surface area (Å²) in [6.07, 6.45) is 3.86. The van der Waals surface area contributed by atoms with Crippen LogP contribution in [0.5, 0.6) is 0 Å². The summed E-state index contributed by atoms with van der Waals surface area (Å²) in [4.78, 5) is 16.3. The first-order valence-corrected chi connectivity index (χ1v) is 10.4. The van der Waals surface area contributed by atoms with Crippen molar-refractivity contribution in [2.24, 2.45) is 0 Å². The molecule has 1 aliphatic carbocycles. The number of rotatable bonds is 4. The molecular formula is C18H26N2O3S. The van der Waals surface area contributed by atoms with E-state index in [0.29, 0.717) is 13.0 Å². The third-order valence-electron chi connectivity index (χ3n) is 5.40. The first kappa shape index (κ1) is 17.4. The molecular weight excluding hydrogens is 324 g/mol. The largest absolute Gasteiger partial charge is 0.341 e. The Morgan fingerprint density at radius 3 is 2.67 bits per heavy atom. The molecule has 24 heavy (non-hydrogen) atoms. The lowest BCUT2D eigenvalue weighted by atomic mass is 9.87. The molecule has 0 saturated carbocycles. The lowest BCUT2D eigenvalue weighted by Gasteiger charge is -2.34. The molecule has 1 fully saturated rings. The minimum absolute atomic E-state index is 0.00246. The molecule has 0 N–H and O–H groups in total. The Morgan fingerprint density at radius 2 is 1.96 bits per heavy atom. The fraction of sp³-hybridized carbons (Fsp3) is 0.611. The number of benzene rings is 1. The van der Waals surface area contributed by atoms with Gasteiger partial charge in [-0.2, -0.15) is 0 Å². The molecule has 5 nitrogen and oxygen atoms in total. The average molecular weight is 350 g/mol. The molecule has 0 radical (unpaired) electrons. The number of carbonyl (C=O) groups excluding carboxylic acids is 1. The predicted octanol–water partition coefficient (Wildman–Crippen LogP) is 1.64. The molecule has 2 aliphatic rings. The van der Waals surface area contributed by atoms with Crippen molar-refractivity contribution in [1.29, 1.82) is 0 Å². The molecule has 1 saturated heterocycles. The maximum Gasteiger partial charge on any atom is 0.236 e. The second-order valence-corrected chi connectivity index (χ2v) is 9.31. The molecule has 1 aromatic rings. The Labute approximate surface area is 144 Å². The fourth-order valence-electron chi connectivity index (χ4n) is 3.91. The molecule has 0 unspecified atom stereocenters. The number of nitrogens with zero attached hydrogens (tertiary/aromatic N) is 2. The van der Waals surface area contributed by atoms with Crippen LogP contribution < -0.4 is 0 Å². The fourth-order valence-corrected chi connectivity index (χ4v) is 5.68. The number of aryl methyl sites for hydroxylation is 1. The highest BCUT2D eigenvalue weighted by Crippen LogP contribution is 2.33. The van der Waals surface area contributed by atoms with E-state index in [1.807, 2.05) is 7.05 Å². The van der Waals surface area contributed by atoms with E-state index in [-0.39, 0.29) is 29.5 Å². The van der Waals surface area contributed by atoms with Gasteiger partial charge in [0.2, 0.25) is 5.91 Å². The smallest absolute Gasteiger partial charge is 0.236 e. The Hall–Kier alpha value is -1.40. The Morgan fingerprint density at radius 1 is 1.21 bits per heavy atom. The molecule has 6 heteroatoms. The first-order chi connectivity index (χ1) is 11.4. The van der Waals surface area contributed by atoms with Crippen molar-refractivity contribution in [3.63, 3.8) is 0 Å². The molecule has 0 bridgehead atoms. The van der Waals surface area contributed by atoms with Gasteiger partial charge in [0.15, 0.2) is 9.84 Å². The zero-order chi connectivity index (χ0) is 17.3. The molecule has 3 rings (SSSR count). The van der Waals surface area contributed by atoms with E-state index in [0.717, 1.165) is 19.3 Å². The molecule has 1 heterocycles. The van der Waals surface area contributed by atoms with Crippen LogP contribution in [-0.4, -0.2) is 62.3 Å². The quantitative estimate of drug-likeness (QED) is 0.828.